The summed E-state index contributed by atoms with van der Waals surface area (Å²) < 4.78 is 0. The molecule has 21 heavy (non-hydrogen) atoms. The largest absolute Gasteiger partial charge is 0.375 e. The number of thiazole rings is 1. The quantitative estimate of drug-likeness (QED) is 0.777. The molecule has 0 bridgehead atoms. The molecule has 1 amide bonds. The van der Waals surface area contributed by atoms with Crippen LogP contribution >= 0.6 is 11.3 Å². The molecule has 5 nitrogen and oxygen atoms in total. The summed E-state index contributed by atoms with van der Waals surface area (Å²) in [7, 11) is 0. The third-order valence-corrected chi connectivity index (χ3v) is 3.85. The first-order valence-corrected chi connectivity index (χ1v) is 7.40. The van der Waals surface area contributed by atoms with Crippen LogP contribution in [0.2, 0.25) is 0 Å². The average molecular weight is 298 g/mol. The summed E-state index contributed by atoms with van der Waals surface area (Å²) in [6.45, 7) is 1.82. The second-order valence-corrected chi connectivity index (χ2v) is 5.56. The van der Waals surface area contributed by atoms with E-state index in [1.807, 2.05) is 43.3 Å². The number of carbonyl (C=O) groups is 1. The summed E-state index contributed by atoms with van der Waals surface area (Å²) in [5.41, 5.74) is 9.13. The van der Waals surface area contributed by atoms with E-state index in [-0.39, 0.29) is 5.91 Å². The molecule has 1 aromatic carbocycles. The Morgan fingerprint density at radius 1 is 1.19 bits per heavy atom. The van der Waals surface area contributed by atoms with Gasteiger partial charge in [-0.15, -0.1) is 0 Å². The van der Waals surface area contributed by atoms with Gasteiger partial charge in [0.1, 0.15) is 10.3 Å². The van der Waals surface area contributed by atoms with E-state index in [1.165, 1.54) is 11.3 Å². The Labute approximate surface area is 125 Å². The van der Waals surface area contributed by atoms with Crippen LogP contribution in [0.5, 0.6) is 0 Å². The summed E-state index contributed by atoms with van der Waals surface area (Å²) in [5.74, 6) is 0.00225. The fourth-order valence-electron chi connectivity index (χ4n) is 1.97. The zero-order valence-corrected chi connectivity index (χ0v) is 12.3. The number of carbonyl (C=O) groups excluding carboxylic acids is 1. The van der Waals surface area contributed by atoms with Crippen molar-refractivity contribution in [2.75, 3.05) is 11.1 Å². The van der Waals surface area contributed by atoms with Gasteiger partial charge in [-0.25, -0.2) is 9.97 Å². The minimum Gasteiger partial charge on any atom is -0.375 e. The number of nitrogens with two attached hydrogens (primary N) is 1. The van der Waals surface area contributed by atoms with Crippen molar-refractivity contribution in [3.8, 4) is 11.3 Å². The standard InChI is InChI=1S/C15H14N4OS/c1-2-13(20)17-10-5-3-9(4-6-10)11-7-8-12-14(18-11)21-15(16)19-12/h3-8H,2H2,1H3,(H2,16,19)(H,17,20). The minimum absolute atomic E-state index is 0.00225. The number of nitrogen functional groups attached to an aromatic ring is 1. The van der Waals surface area contributed by atoms with E-state index in [2.05, 4.69) is 15.3 Å². The predicted molar refractivity (Wildman–Crippen MR) is 86.2 cm³/mol. The van der Waals surface area contributed by atoms with Gasteiger partial charge in [-0.05, 0) is 24.3 Å². The number of fused-ring (bicyclic) bond motifs is 1. The monoisotopic (exact) mass is 298 g/mol. The summed E-state index contributed by atoms with van der Waals surface area (Å²) >= 11 is 1.37. The molecule has 0 unspecified atom stereocenters. The van der Waals surface area contributed by atoms with Gasteiger partial charge in [-0.3, -0.25) is 4.79 Å². The first kappa shape index (κ1) is 13.5. The van der Waals surface area contributed by atoms with Gasteiger partial charge in [-0.1, -0.05) is 30.4 Å². The molecule has 2 aromatic heterocycles. The van der Waals surface area contributed by atoms with Gasteiger partial charge in [0, 0.05) is 17.7 Å². The number of nitrogens with one attached hydrogen (secondary N) is 1. The Kier molecular flexibility index (Phi) is 3.53. The van der Waals surface area contributed by atoms with E-state index in [0.717, 1.165) is 27.3 Å². The summed E-state index contributed by atoms with van der Waals surface area (Å²) in [6, 6.07) is 11.4. The van der Waals surface area contributed by atoms with Crippen LogP contribution in [-0.4, -0.2) is 15.9 Å². The third kappa shape index (κ3) is 2.85. The molecule has 0 fully saturated rings. The average Bonchev–Trinajstić information content (AvgIpc) is 2.87. The highest BCUT2D eigenvalue weighted by Crippen LogP contribution is 2.26. The van der Waals surface area contributed by atoms with Crippen LogP contribution in [0.1, 0.15) is 13.3 Å². The second kappa shape index (κ2) is 5.49. The van der Waals surface area contributed by atoms with Gasteiger partial charge < -0.3 is 11.1 Å². The van der Waals surface area contributed by atoms with Gasteiger partial charge in [0.15, 0.2) is 5.13 Å². The van der Waals surface area contributed by atoms with Crippen molar-refractivity contribution in [1.82, 2.24) is 9.97 Å². The molecule has 3 aromatic rings. The summed E-state index contributed by atoms with van der Waals surface area (Å²) in [5, 5.41) is 3.34. The SMILES string of the molecule is CCC(=O)Nc1ccc(-c2ccc3nc(N)sc3n2)cc1. The Morgan fingerprint density at radius 2 is 1.95 bits per heavy atom. The van der Waals surface area contributed by atoms with Crippen molar-refractivity contribution in [3.63, 3.8) is 0 Å². The van der Waals surface area contributed by atoms with Crippen molar-refractivity contribution in [3.05, 3.63) is 36.4 Å². The van der Waals surface area contributed by atoms with E-state index in [9.17, 15) is 4.79 Å². The number of anilines is 2. The Bertz CT molecular complexity index is 795. The van der Waals surface area contributed by atoms with Crippen LogP contribution in [0.4, 0.5) is 10.8 Å². The van der Waals surface area contributed by atoms with Crippen LogP contribution < -0.4 is 11.1 Å². The molecular weight excluding hydrogens is 284 g/mol. The van der Waals surface area contributed by atoms with E-state index < -0.39 is 0 Å². The molecule has 0 aliphatic heterocycles. The highest BCUT2D eigenvalue weighted by atomic mass is 32.1. The molecule has 0 spiro atoms. The van der Waals surface area contributed by atoms with Crippen molar-refractivity contribution in [1.29, 1.82) is 0 Å². The van der Waals surface area contributed by atoms with E-state index in [0.29, 0.717) is 11.6 Å². The highest BCUT2D eigenvalue weighted by molar-refractivity contribution is 7.21. The maximum atomic E-state index is 11.3. The Balaban J connectivity index is 1.89. The summed E-state index contributed by atoms with van der Waals surface area (Å²) in [4.78, 5) is 20.9. The topological polar surface area (TPSA) is 80.9 Å². The van der Waals surface area contributed by atoms with Crippen LogP contribution in [0.15, 0.2) is 36.4 Å². The Morgan fingerprint density at radius 3 is 2.67 bits per heavy atom. The summed E-state index contributed by atoms with van der Waals surface area (Å²) in [6.07, 6.45) is 0.465. The fourth-order valence-corrected chi connectivity index (χ4v) is 2.67. The van der Waals surface area contributed by atoms with E-state index in [1.54, 1.807) is 0 Å². The number of amides is 1. The lowest BCUT2D eigenvalue weighted by Gasteiger charge is -2.05. The zero-order valence-electron chi connectivity index (χ0n) is 11.5. The maximum Gasteiger partial charge on any atom is 0.224 e. The minimum atomic E-state index is 0.00225. The Hall–Kier alpha value is -2.47. The molecule has 3 rings (SSSR count). The van der Waals surface area contributed by atoms with Gasteiger partial charge in [0.2, 0.25) is 5.91 Å². The number of aromatic nitrogens is 2. The molecule has 2 heterocycles. The van der Waals surface area contributed by atoms with Crippen LogP contribution in [0, 0.1) is 0 Å². The number of hydrogen-bond donors (Lipinski definition) is 2. The molecule has 0 atom stereocenters. The first-order valence-electron chi connectivity index (χ1n) is 6.59. The molecule has 0 aliphatic carbocycles. The number of rotatable bonds is 3. The molecular formula is C15H14N4OS. The van der Waals surface area contributed by atoms with Crippen molar-refractivity contribution < 1.29 is 4.79 Å². The van der Waals surface area contributed by atoms with Gasteiger partial charge in [-0.2, -0.15) is 0 Å². The zero-order chi connectivity index (χ0) is 14.8. The lowest BCUT2D eigenvalue weighted by atomic mass is 10.1. The molecule has 3 N–H and O–H groups in total. The predicted octanol–water partition coefficient (Wildman–Crippen LogP) is 3.29. The molecule has 106 valence electrons. The second-order valence-electron chi connectivity index (χ2n) is 4.55. The normalized spacial score (nSPS) is 10.7. The molecule has 0 saturated heterocycles. The molecule has 0 saturated carbocycles. The lowest BCUT2D eigenvalue weighted by molar-refractivity contribution is -0.115. The van der Waals surface area contributed by atoms with Crippen LogP contribution in [0.25, 0.3) is 21.6 Å². The smallest absolute Gasteiger partial charge is 0.224 e. The maximum absolute atomic E-state index is 11.3. The lowest BCUT2D eigenvalue weighted by Crippen LogP contribution is -2.09. The van der Waals surface area contributed by atoms with Crippen molar-refractivity contribution in [2.24, 2.45) is 0 Å². The number of pyridine rings is 1. The first-order chi connectivity index (χ1) is 10.2. The number of hydrogen-bond acceptors (Lipinski definition) is 5. The van der Waals surface area contributed by atoms with Crippen molar-refractivity contribution >= 4 is 38.4 Å². The van der Waals surface area contributed by atoms with Gasteiger partial charge in [0.25, 0.3) is 0 Å². The third-order valence-electron chi connectivity index (χ3n) is 3.06. The fraction of sp³-hybridized carbons (Fsp3) is 0.133. The van der Waals surface area contributed by atoms with Gasteiger partial charge in [0.05, 0.1) is 5.69 Å². The van der Waals surface area contributed by atoms with Crippen molar-refractivity contribution in [2.45, 2.75) is 13.3 Å². The molecule has 6 heteroatoms. The molecule has 0 aliphatic rings. The van der Waals surface area contributed by atoms with E-state index >= 15 is 0 Å². The van der Waals surface area contributed by atoms with E-state index in [4.69, 9.17) is 5.73 Å². The number of nitrogens with zero attached hydrogens (tertiary/aromatic N) is 2. The number of benzene rings is 1. The molecule has 0 radical (unpaired) electrons. The van der Waals surface area contributed by atoms with Crippen LogP contribution in [0.3, 0.4) is 0 Å². The van der Waals surface area contributed by atoms with Gasteiger partial charge >= 0.3 is 0 Å². The highest BCUT2D eigenvalue weighted by Gasteiger charge is 2.06. The van der Waals surface area contributed by atoms with Crippen LogP contribution in [-0.2, 0) is 4.79 Å².